The Morgan fingerprint density at radius 3 is 2.26 bits per heavy atom. The average Bonchev–Trinajstić information content (AvgIpc) is 2.59. The lowest BCUT2D eigenvalue weighted by atomic mass is 9.89. The second-order valence-electron chi connectivity index (χ2n) is 5.48. The van der Waals surface area contributed by atoms with Gasteiger partial charge in [-0.05, 0) is 31.5 Å². The fourth-order valence-electron chi connectivity index (χ4n) is 2.93. The zero-order valence-corrected chi connectivity index (χ0v) is 13.4. The number of carbonyl (C=O) groups excluding carboxylic acids is 1. The molecule has 3 unspecified atom stereocenters. The van der Waals surface area contributed by atoms with Crippen molar-refractivity contribution >= 4 is 11.6 Å². The molecule has 120 valence electrons. The summed E-state index contributed by atoms with van der Waals surface area (Å²) in [5.74, 6) is -0.0309. The van der Waals surface area contributed by atoms with E-state index in [0.29, 0.717) is 6.61 Å². The maximum Gasteiger partial charge on any atom is 0.259 e. The second-order valence-corrected chi connectivity index (χ2v) is 5.48. The lowest BCUT2D eigenvalue weighted by Crippen LogP contribution is -2.61. The van der Waals surface area contributed by atoms with Gasteiger partial charge in [-0.25, -0.2) is 0 Å². The first-order chi connectivity index (χ1) is 11.2. The quantitative estimate of drug-likeness (QED) is 0.605. The molecule has 0 N–H and O–H groups in total. The van der Waals surface area contributed by atoms with Crippen LogP contribution in [0.3, 0.4) is 0 Å². The van der Waals surface area contributed by atoms with Crippen LogP contribution in [0.5, 0.6) is 0 Å². The third-order valence-corrected chi connectivity index (χ3v) is 3.96. The molecular formula is C19H21NO3. The van der Waals surface area contributed by atoms with Crippen molar-refractivity contribution in [2.24, 2.45) is 0 Å². The number of anilines is 1. The van der Waals surface area contributed by atoms with Crippen LogP contribution in [0.4, 0.5) is 5.69 Å². The van der Waals surface area contributed by atoms with Gasteiger partial charge in [-0.3, -0.25) is 9.69 Å². The van der Waals surface area contributed by atoms with Crippen molar-refractivity contribution in [1.29, 1.82) is 0 Å². The second kappa shape index (κ2) is 6.94. The molecule has 1 saturated heterocycles. The van der Waals surface area contributed by atoms with Gasteiger partial charge in [-0.2, -0.15) is 0 Å². The predicted molar refractivity (Wildman–Crippen MR) is 89.1 cm³/mol. The van der Waals surface area contributed by atoms with Crippen LogP contribution in [-0.4, -0.2) is 24.9 Å². The van der Waals surface area contributed by atoms with Crippen molar-refractivity contribution in [1.82, 2.24) is 0 Å². The van der Waals surface area contributed by atoms with Gasteiger partial charge in [0.2, 0.25) is 0 Å². The molecule has 0 aliphatic carbocycles. The van der Waals surface area contributed by atoms with Crippen molar-refractivity contribution in [2.75, 3.05) is 11.5 Å². The first-order valence-electron chi connectivity index (χ1n) is 7.92. The molecule has 4 nitrogen and oxygen atoms in total. The lowest BCUT2D eigenvalue weighted by Gasteiger charge is -2.47. The predicted octanol–water partition coefficient (Wildman–Crippen LogP) is 3.54. The average molecular weight is 311 g/mol. The molecule has 23 heavy (non-hydrogen) atoms. The van der Waals surface area contributed by atoms with Gasteiger partial charge in [0.1, 0.15) is 0 Å². The van der Waals surface area contributed by atoms with E-state index >= 15 is 0 Å². The van der Waals surface area contributed by atoms with Gasteiger partial charge in [0.15, 0.2) is 12.4 Å². The number of para-hydroxylation sites is 1. The lowest BCUT2D eigenvalue weighted by molar-refractivity contribution is -0.186. The molecule has 4 heteroatoms. The molecule has 1 amide bonds. The van der Waals surface area contributed by atoms with Crippen LogP contribution in [0, 0.1) is 0 Å². The number of carbonyl (C=O) groups is 1. The van der Waals surface area contributed by atoms with Crippen molar-refractivity contribution in [3.63, 3.8) is 0 Å². The molecule has 2 aromatic rings. The summed E-state index contributed by atoms with van der Waals surface area (Å²) in [4.78, 5) is 14.4. The maximum atomic E-state index is 12.6. The zero-order valence-electron chi connectivity index (χ0n) is 13.4. The van der Waals surface area contributed by atoms with E-state index in [-0.39, 0.29) is 11.9 Å². The van der Waals surface area contributed by atoms with E-state index in [9.17, 15) is 4.79 Å². The van der Waals surface area contributed by atoms with E-state index in [4.69, 9.17) is 9.47 Å². The number of ether oxygens (including phenoxy) is 2. The van der Waals surface area contributed by atoms with Crippen LogP contribution in [-0.2, 0) is 14.3 Å². The maximum absolute atomic E-state index is 12.6. The van der Waals surface area contributed by atoms with Crippen LogP contribution >= 0.6 is 0 Å². The summed E-state index contributed by atoms with van der Waals surface area (Å²) < 4.78 is 11.3. The van der Waals surface area contributed by atoms with Crippen LogP contribution in [0.25, 0.3) is 0 Å². The molecule has 1 aliphatic rings. The van der Waals surface area contributed by atoms with E-state index in [1.165, 1.54) is 0 Å². The largest absolute Gasteiger partial charge is 0.353 e. The first-order valence-corrected chi connectivity index (χ1v) is 7.92. The fraction of sp³-hybridized carbons (Fsp3) is 0.316. The number of benzene rings is 2. The van der Waals surface area contributed by atoms with E-state index in [2.05, 4.69) is 0 Å². The standard InChI is InChI=1S/C19H21NO3/c1-3-22-14(2)23-18-17(15-10-6-4-7-11-15)20(19(18)21)16-12-8-5-9-13-16/h4-14,17-18H,3H2,1-2H3. The number of amides is 1. The summed E-state index contributed by atoms with van der Waals surface area (Å²) >= 11 is 0. The molecule has 0 spiro atoms. The Morgan fingerprint density at radius 1 is 1.04 bits per heavy atom. The molecule has 0 radical (unpaired) electrons. The molecule has 0 saturated carbocycles. The van der Waals surface area contributed by atoms with Crippen LogP contribution in [0.15, 0.2) is 60.7 Å². The summed E-state index contributed by atoms with van der Waals surface area (Å²) in [6, 6.07) is 19.5. The summed E-state index contributed by atoms with van der Waals surface area (Å²) in [7, 11) is 0. The van der Waals surface area contributed by atoms with Crippen LogP contribution in [0.2, 0.25) is 0 Å². The number of hydrogen-bond donors (Lipinski definition) is 0. The third-order valence-electron chi connectivity index (χ3n) is 3.96. The Morgan fingerprint density at radius 2 is 1.65 bits per heavy atom. The minimum atomic E-state index is -0.515. The smallest absolute Gasteiger partial charge is 0.259 e. The summed E-state index contributed by atoms with van der Waals surface area (Å²) in [6.07, 6.45) is -0.919. The Kier molecular flexibility index (Phi) is 4.74. The van der Waals surface area contributed by atoms with E-state index in [1.54, 1.807) is 4.90 Å². The van der Waals surface area contributed by atoms with Crippen LogP contribution in [0.1, 0.15) is 25.5 Å². The molecule has 3 rings (SSSR count). The highest BCUT2D eigenvalue weighted by Gasteiger charge is 2.50. The van der Waals surface area contributed by atoms with Gasteiger partial charge in [0.25, 0.3) is 5.91 Å². The molecule has 2 aromatic carbocycles. The number of nitrogens with zero attached hydrogens (tertiary/aromatic N) is 1. The molecular weight excluding hydrogens is 290 g/mol. The Labute approximate surface area is 136 Å². The zero-order chi connectivity index (χ0) is 16.2. The number of hydrogen-bond acceptors (Lipinski definition) is 3. The summed E-state index contributed by atoms with van der Waals surface area (Å²) in [6.45, 7) is 4.29. The molecule has 3 atom stereocenters. The van der Waals surface area contributed by atoms with E-state index in [0.717, 1.165) is 11.3 Å². The van der Waals surface area contributed by atoms with Crippen LogP contribution < -0.4 is 4.90 Å². The highest BCUT2D eigenvalue weighted by atomic mass is 16.7. The van der Waals surface area contributed by atoms with Gasteiger partial charge in [-0.15, -0.1) is 0 Å². The fourth-order valence-corrected chi connectivity index (χ4v) is 2.93. The highest BCUT2D eigenvalue weighted by molar-refractivity contribution is 6.05. The first kappa shape index (κ1) is 15.7. The Balaban J connectivity index is 1.87. The minimum absolute atomic E-state index is 0.0309. The molecule has 1 aliphatic heterocycles. The van der Waals surface area contributed by atoms with E-state index in [1.807, 2.05) is 74.5 Å². The third kappa shape index (κ3) is 3.14. The Bertz CT molecular complexity index is 644. The summed E-state index contributed by atoms with van der Waals surface area (Å²) in [5.41, 5.74) is 1.94. The molecule has 0 bridgehead atoms. The normalized spacial score (nSPS) is 21.8. The van der Waals surface area contributed by atoms with Crippen molar-refractivity contribution in [2.45, 2.75) is 32.3 Å². The minimum Gasteiger partial charge on any atom is -0.353 e. The van der Waals surface area contributed by atoms with Gasteiger partial charge in [0, 0.05) is 12.3 Å². The van der Waals surface area contributed by atoms with Gasteiger partial charge >= 0.3 is 0 Å². The highest BCUT2D eigenvalue weighted by Crippen LogP contribution is 2.41. The van der Waals surface area contributed by atoms with Crippen molar-refractivity contribution in [3.05, 3.63) is 66.2 Å². The van der Waals surface area contributed by atoms with Crippen molar-refractivity contribution < 1.29 is 14.3 Å². The topological polar surface area (TPSA) is 38.8 Å². The monoisotopic (exact) mass is 311 g/mol. The number of rotatable bonds is 6. The SMILES string of the molecule is CCOC(C)OC1C(=O)N(c2ccccc2)C1c1ccccc1. The summed E-state index contributed by atoms with van der Waals surface area (Å²) in [5, 5.41) is 0. The van der Waals surface area contributed by atoms with Gasteiger partial charge in [-0.1, -0.05) is 48.5 Å². The van der Waals surface area contributed by atoms with Crippen molar-refractivity contribution in [3.8, 4) is 0 Å². The molecule has 1 fully saturated rings. The van der Waals surface area contributed by atoms with Gasteiger partial charge in [0.05, 0.1) is 6.04 Å². The Hall–Kier alpha value is -2.17. The van der Waals surface area contributed by atoms with Gasteiger partial charge < -0.3 is 9.47 Å². The molecule has 1 heterocycles. The number of β-lactam (4-membered cyclic amide) rings is 1. The molecule has 0 aromatic heterocycles. The van der Waals surface area contributed by atoms with E-state index < -0.39 is 12.4 Å².